The van der Waals surface area contributed by atoms with Crippen LogP contribution in [0.4, 0.5) is 0 Å². The molecule has 1 aromatic rings. The van der Waals surface area contributed by atoms with Crippen molar-refractivity contribution in [3.8, 4) is 0 Å². The smallest absolute Gasteiger partial charge is 0.260 e. The van der Waals surface area contributed by atoms with Crippen LogP contribution in [0.25, 0.3) is 0 Å². The highest BCUT2D eigenvalue weighted by Gasteiger charge is 2.28. The lowest BCUT2D eigenvalue weighted by Gasteiger charge is -2.23. The van der Waals surface area contributed by atoms with Gasteiger partial charge >= 0.3 is 0 Å². The van der Waals surface area contributed by atoms with Crippen molar-refractivity contribution >= 4 is 21.6 Å². The first-order valence-electron chi connectivity index (χ1n) is 5.55. The maximum absolute atomic E-state index is 12.3. The molecule has 0 aliphatic rings. The third kappa shape index (κ3) is 3.20. The third-order valence-electron chi connectivity index (χ3n) is 2.41. The predicted molar refractivity (Wildman–Crippen MR) is 67.7 cm³/mol. The fourth-order valence-corrected chi connectivity index (χ4v) is 3.37. The Kier molecular flexibility index (Phi) is 4.97. The van der Waals surface area contributed by atoms with Gasteiger partial charge in [-0.1, -0.05) is 6.92 Å². The highest BCUT2D eigenvalue weighted by Crippen LogP contribution is 2.16. The van der Waals surface area contributed by atoms with Crippen molar-refractivity contribution < 1.29 is 8.42 Å². The molecular formula is C10H18ClN3O2S. The molecule has 0 saturated carbocycles. The van der Waals surface area contributed by atoms with E-state index in [4.69, 9.17) is 11.6 Å². The highest BCUT2D eigenvalue weighted by molar-refractivity contribution is 7.89. The lowest BCUT2D eigenvalue weighted by molar-refractivity contribution is 0.369. The van der Waals surface area contributed by atoms with Crippen molar-refractivity contribution in [2.24, 2.45) is 0 Å². The van der Waals surface area contributed by atoms with Gasteiger partial charge in [0.05, 0.1) is 6.20 Å². The Morgan fingerprint density at radius 3 is 2.59 bits per heavy atom. The monoisotopic (exact) mass is 279 g/mol. The van der Waals surface area contributed by atoms with Crippen molar-refractivity contribution in [2.75, 3.05) is 12.4 Å². The number of rotatable bonds is 6. The summed E-state index contributed by atoms with van der Waals surface area (Å²) in [5.41, 5.74) is 0. The highest BCUT2D eigenvalue weighted by atomic mass is 35.5. The summed E-state index contributed by atoms with van der Waals surface area (Å²) in [5, 5.41) is 0.133. The zero-order chi connectivity index (χ0) is 13.1. The Morgan fingerprint density at radius 2 is 2.18 bits per heavy atom. The van der Waals surface area contributed by atoms with Gasteiger partial charge in [-0.3, -0.25) is 0 Å². The number of aromatic nitrogens is 2. The van der Waals surface area contributed by atoms with Gasteiger partial charge < -0.3 is 4.98 Å². The summed E-state index contributed by atoms with van der Waals surface area (Å²) in [6.07, 6.45) is 2.03. The van der Waals surface area contributed by atoms with Crippen LogP contribution in [0.15, 0.2) is 11.2 Å². The summed E-state index contributed by atoms with van der Waals surface area (Å²) in [7, 11) is -3.52. The predicted octanol–water partition coefficient (Wildman–Crippen LogP) is 1.61. The molecule has 17 heavy (non-hydrogen) atoms. The van der Waals surface area contributed by atoms with E-state index >= 15 is 0 Å². The number of nitrogens with zero attached hydrogens (tertiary/aromatic N) is 2. The number of imidazole rings is 1. The van der Waals surface area contributed by atoms with E-state index in [1.165, 1.54) is 10.5 Å². The number of hydrogen-bond donors (Lipinski definition) is 1. The van der Waals surface area contributed by atoms with Crippen LogP contribution in [0.1, 0.15) is 26.6 Å². The number of nitrogens with one attached hydrogen (secondary N) is 1. The molecule has 0 spiro atoms. The van der Waals surface area contributed by atoms with Crippen LogP contribution in [-0.4, -0.2) is 41.2 Å². The Labute approximate surface area is 107 Å². The number of sulfonamides is 1. The van der Waals surface area contributed by atoms with Gasteiger partial charge in [-0.05, 0) is 13.8 Å². The van der Waals surface area contributed by atoms with Crippen molar-refractivity contribution in [3.63, 3.8) is 0 Å². The number of alkyl halides is 1. The molecule has 0 fully saturated rings. The van der Waals surface area contributed by atoms with Crippen LogP contribution in [0, 0.1) is 0 Å². The molecule has 0 radical (unpaired) electrons. The van der Waals surface area contributed by atoms with E-state index < -0.39 is 10.0 Å². The molecule has 0 aromatic carbocycles. The number of H-pyrrole nitrogens is 1. The van der Waals surface area contributed by atoms with Crippen LogP contribution in [-0.2, 0) is 16.4 Å². The molecule has 0 atom stereocenters. The average molecular weight is 280 g/mol. The molecule has 7 heteroatoms. The molecule has 0 aliphatic carbocycles. The van der Waals surface area contributed by atoms with Crippen molar-refractivity contribution in [1.82, 2.24) is 14.3 Å². The first kappa shape index (κ1) is 14.5. The minimum atomic E-state index is -3.52. The summed E-state index contributed by atoms with van der Waals surface area (Å²) < 4.78 is 25.9. The molecule has 1 aromatic heterocycles. The molecule has 0 amide bonds. The maximum atomic E-state index is 12.3. The molecule has 0 unspecified atom stereocenters. The molecular weight excluding hydrogens is 262 g/mol. The van der Waals surface area contributed by atoms with E-state index in [1.807, 2.05) is 20.8 Å². The van der Waals surface area contributed by atoms with Gasteiger partial charge in [-0.15, -0.1) is 11.6 Å². The quantitative estimate of drug-likeness (QED) is 0.805. The van der Waals surface area contributed by atoms with Gasteiger partial charge in [0.2, 0.25) is 0 Å². The first-order valence-corrected chi connectivity index (χ1v) is 7.52. The summed E-state index contributed by atoms with van der Waals surface area (Å²) in [6, 6.07) is -0.132. The fourth-order valence-electron chi connectivity index (χ4n) is 1.52. The zero-order valence-electron chi connectivity index (χ0n) is 10.3. The van der Waals surface area contributed by atoms with E-state index in [1.54, 1.807) is 0 Å². The number of hydrogen-bond acceptors (Lipinski definition) is 3. The van der Waals surface area contributed by atoms with Crippen molar-refractivity contribution in [1.29, 1.82) is 0 Å². The second-order valence-corrected chi connectivity index (χ2v) is 6.18. The first-order chi connectivity index (χ1) is 7.93. The summed E-state index contributed by atoms with van der Waals surface area (Å²) in [4.78, 5) is 6.82. The normalized spacial score (nSPS) is 12.6. The van der Waals surface area contributed by atoms with Gasteiger partial charge in [-0.25, -0.2) is 13.4 Å². The Bertz CT molecular complexity index is 456. The van der Waals surface area contributed by atoms with Gasteiger partial charge in [0.15, 0.2) is 5.03 Å². The second kappa shape index (κ2) is 5.84. The minimum Gasteiger partial charge on any atom is -0.332 e. The summed E-state index contributed by atoms with van der Waals surface area (Å²) in [5.74, 6) is 0.935. The van der Waals surface area contributed by atoms with Gasteiger partial charge in [0.25, 0.3) is 10.0 Å². The molecule has 0 saturated heterocycles. The zero-order valence-corrected chi connectivity index (χ0v) is 11.8. The number of aryl methyl sites for hydroxylation is 1. The van der Waals surface area contributed by atoms with Crippen LogP contribution < -0.4 is 0 Å². The molecule has 1 rings (SSSR count). The standard InChI is InChI=1S/C10H18ClN3O2S/c1-4-9-12-7-10(13-9)17(15,16)14(6-5-11)8(2)3/h7-8H,4-6H2,1-3H3,(H,12,13). The summed E-state index contributed by atoms with van der Waals surface area (Å²) in [6.45, 7) is 5.85. The molecule has 1 N–H and O–H groups in total. The van der Waals surface area contributed by atoms with Crippen LogP contribution >= 0.6 is 11.6 Å². The molecule has 98 valence electrons. The number of aromatic amines is 1. The SMILES string of the molecule is CCc1ncc(S(=O)(=O)N(CCCl)C(C)C)[nH]1. The van der Waals surface area contributed by atoms with Gasteiger partial charge in [-0.2, -0.15) is 4.31 Å². The van der Waals surface area contributed by atoms with Crippen LogP contribution in [0.5, 0.6) is 0 Å². The van der Waals surface area contributed by atoms with Crippen molar-refractivity contribution in [2.45, 2.75) is 38.3 Å². The lowest BCUT2D eigenvalue weighted by atomic mass is 10.4. The molecule has 5 nitrogen and oxygen atoms in total. The fraction of sp³-hybridized carbons (Fsp3) is 0.700. The number of halogens is 1. The van der Waals surface area contributed by atoms with E-state index in [2.05, 4.69) is 9.97 Å². The van der Waals surface area contributed by atoms with Crippen LogP contribution in [0.3, 0.4) is 0 Å². The van der Waals surface area contributed by atoms with Crippen LogP contribution in [0.2, 0.25) is 0 Å². The van der Waals surface area contributed by atoms with E-state index in [-0.39, 0.29) is 16.9 Å². The minimum absolute atomic E-state index is 0.132. The Balaban J connectivity index is 3.07. The van der Waals surface area contributed by atoms with E-state index in [0.29, 0.717) is 18.8 Å². The third-order valence-corrected chi connectivity index (χ3v) is 4.56. The second-order valence-electron chi connectivity index (χ2n) is 3.95. The van der Waals surface area contributed by atoms with E-state index in [0.717, 1.165) is 0 Å². The largest absolute Gasteiger partial charge is 0.332 e. The average Bonchev–Trinajstić information content (AvgIpc) is 2.74. The Morgan fingerprint density at radius 1 is 1.53 bits per heavy atom. The van der Waals surface area contributed by atoms with Crippen molar-refractivity contribution in [3.05, 3.63) is 12.0 Å². The van der Waals surface area contributed by atoms with E-state index in [9.17, 15) is 8.42 Å². The topological polar surface area (TPSA) is 66.1 Å². The van der Waals surface area contributed by atoms with Gasteiger partial charge in [0, 0.05) is 24.9 Å². The lowest BCUT2D eigenvalue weighted by Crippen LogP contribution is -2.38. The molecule has 0 aliphatic heterocycles. The van der Waals surface area contributed by atoms with Gasteiger partial charge in [0.1, 0.15) is 5.82 Å². The maximum Gasteiger partial charge on any atom is 0.260 e. The Hall–Kier alpha value is -0.590. The summed E-state index contributed by atoms with van der Waals surface area (Å²) >= 11 is 5.63. The molecule has 0 bridgehead atoms. The molecule has 1 heterocycles.